The Balaban J connectivity index is 1.62. The molecule has 0 bridgehead atoms. The van der Waals surface area contributed by atoms with E-state index in [4.69, 9.17) is 11.6 Å². The van der Waals surface area contributed by atoms with Gasteiger partial charge < -0.3 is 5.32 Å². The first-order valence-corrected chi connectivity index (χ1v) is 7.39. The minimum Gasteiger partial charge on any atom is -0.317 e. The average molecular weight is 265 g/mol. The monoisotopic (exact) mass is 264 g/mol. The van der Waals surface area contributed by atoms with Gasteiger partial charge in [-0.2, -0.15) is 0 Å². The molecule has 1 N–H and O–H groups in total. The van der Waals surface area contributed by atoms with Crippen LogP contribution in [0.5, 0.6) is 0 Å². The molecular weight excluding hydrogens is 244 g/mol. The molecule has 0 spiro atoms. The number of rotatable bonds is 2. The highest BCUT2D eigenvalue weighted by atomic mass is 35.5. The summed E-state index contributed by atoms with van der Waals surface area (Å²) in [6.45, 7) is 5.97. The van der Waals surface area contributed by atoms with Crippen molar-refractivity contribution >= 4 is 11.6 Å². The fraction of sp³-hybridized carbons (Fsp3) is 0.600. The van der Waals surface area contributed by atoms with Gasteiger partial charge in [0.25, 0.3) is 0 Å². The number of hydrogen-bond donors (Lipinski definition) is 1. The Morgan fingerprint density at radius 1 is 1.22 bits per heavy atom. The van der Waals surface area contributed by atoms with E-state index in [9.17, 15) is 0 Å². The zero-order chi connectivity index (χ0) is 12.4. The molecule has 18 heavy (non-hydrogen) atoms. The van der Waals surface area contributed by atoms with Gasteiger partial charge in [0.1, 0.15) is 0 Å². The zero-order valence-corrected chi connectivity index (χ0v) is 11.5. The van der Waals surface area contributed by atoms with Crippen molar-refractivity contribution in [2.45, 2.75) is 25.8 Å². The van der Waals surface area contributed by atoms with Crippen LogP contribution in [0.25, 0.3) is 0 Å². The molecule has 1 saturated heterocycles. The van der Waals surface area contributed by atoms with Crippen molar-refractivity contribution in [3.05, 3.63) is 34.3 Å². The van der Waals surface area contributed by atoms with Crippen molar-refractivity contribution in [2.24, 2.45) is 5.92 Å². The number of halogens is 1. The number of nitrogens with one attached hydrogen (secondary N) is 1. The summed E-state index contributed by atoms with van der Waals surface area (Å²) < 4.78 is 0. The summed E-state index contributed by atoms with van der Waals surface area (Å²) in [7, 11) is 0. The summed E-state index contributed by atoms with van der Waals surface area (Å²) in [6, 6.07) is 6.36. The van der Waals surface area contributed by atoms with E-state index in [0.29, 0.717) is 0 Å². The van der Waals surface area contributed by atoms with Crippen LogP contribution in [0.4, 0.5) is 0 Å². The van der Waals surface area contributed by atoms with Crippen LogP contribution < -0.4 is 5.32 Å². The molecule has 0 unspecified atom stereocenters. The molecule has 0 aromatic heterocycles. The van der Waals surface area contributed by atoms with Gasteiger partial charge in [-0.15, -0.1) is 0 Å². The normalized spacial score (nSPS) is 21.8. The van der Waals surface area contributed by atoms with Crippen LogP contribution in [-0.4, -0.2) is 31.1 Å². The second kappa shape index (κ2) is 5.60. The second-order valence-electron chi connectivity index (χ2n) is 5.59. The van der Waals surface area contributed by atoms with Gasteiger partial charge in [-0.3, -0.25) is 4.90 Å². The van der Waals surface area contributed by atoms with Gasteiger partial charge in [0.15, 0.2) is 0 Å². The van der Waals surface area contributed by atoms with Gasteiger partial charge in [-0.05, 0) is 61.5 Å². The Kier molecular flexibility index (Phi) is 3.88. The van der Waals surface area contributed by atoms with Crippen LogP contribution in [0, 0.1) is 5.92 Å². The quantitative estimate of drug-likeness (QED) is 0.884. The highest BCUT2D eigenvalue weighted by Gasteiger charge is 2.21. The predicted molar refractivity (Wildman–Crippen MR) is 76.0 cm³/mol. The average Bonchev–Trinajstić information content (AvgIpc) is 2.40. The van der Waals surface area contributed by atoms with Crippen molar-refractivity contribution in [3.63, 3.8) is 0 Å². The fourth-order valence-electron chi connectivity index (χ4n) is 3.17. The molecule has 2 aliphatic rings. The molecule has 1 aromatic rings. The van der Waals surface area contributed by atoms with Gasteiger partial charge in [-0.25, -0.2) is 0 Å². The van der Waals surface area contributed by atoms with E-state index in [-0.39, 0.29) is 0 Å². The van der Waals surface area contributed by atoms with Crippen LogP contribution in [0.1, 0.15) is 24.0 Å². The number of fused-ring (bicyclic) bond motifs is 1. The lowest BCUT2D eigenvalue weighted by Gasteiger charge is -2.33. The van der Waals surface area contributed by atoms with E-state index in [1.165, 1.54) is 50.1 Å². The van der Waals surface area contributed by atoms with Crippen LogP contribution >= 0.6 is 11.6 Å². The molecule has 0 radical (unpaired) electrons. The summed E-state index contributed by atoms with van der Waals surface area (Å²) in [4.78, 5) is 2.62. The number of benzene rings is 1. The Hall–Kier alpha value is -0.570. The molecule has 0 amide bonds. The molecule has 3 heteroatoms. The molecule has 1 fully saturated rings. The van der Waals surface area contributed by atoms with E-state index >= 15 is 0 Å². The Morgan fingerprint density at radius 2 is 2.06 bits per heavy atom. The lowest BCUT2D eigenvalue weighted by molar-refractivity contribution is 0.191. The molecular formula is C15H21ClN2. The summed E-state index contributed by atoms with van der Waals surface area (Å²) in [5.74, 6) is 0.889. The Bertz CT molecular complexity index is 413. The largest absolute Gasteiger partial charge is 0.317 e. The Morgan fingerprint density at radius 3 is 2.89 bits per heavy atom. The summed E-state index contributed by atoms with van der Waals surface area (Å²) in [5, 5.41) is 4.32. The van der Waals surface area contributed by atoms with Crippen molar-refractivity contribution < 1.29 is 0 Å². The second-order valence-corrected chi connectivity index (χ2v) is 6.03. The van der Waals surface area contributed by atoms with Crippen molar-refractivity contribution in [1.29, 1.82) is 0 Å². The van der Waals surface area contributed by atoms with Crippen molar-refractivity contribution in [1.82, 2.24) is 10.2 Å². The van der Waals surface area contributed by atoms with E-state index in [0.717, 1.165) is 23.9 Å². The first kappa shape index (κ1) is 12.5. The minimum atomic E-state index is 0.876. The van der Waals surface area contributed by atoms with Gasteiger partial charge in [0, 0.05) is 24.7 Å². The molecule has 3 rings (SSSR count). The maximum absolute atomic E-state index is 6.05. The molecule has 98 valence electrons. The van der Waals surface area contributed by atoms with Crippen LogP contribution in [0.2, 0.25) is 5.02 Å². The predicted octanol–water partition coefficient (Wildman–Crippen LogP) is 2.70. The zero-order valence-electron chi connectivity index (χ0n) is 10.8. The molecule has 0 atom stereocenters. The number of hydrogen-bond acceptors (Lipinski definition) is 2. The van der Waals surface area contributed by atoms with Gasteiger partial charge >= 0.3 is 0 Å². The maximum atomic E-state index is 6.05. The lowest BCUT2D eigenvalue weighted by Crippen LogP contribution is -2.38. The smallest absolute Gasteiger partial charge is 0.0408 e. The summed E-state index contributed by atoms with van der Waals surface area (Å²) >= 11 is 6.05. The number of piperidine rings is 1. The molecule has 0 saturated carbocycles. The fourth-order valence-corrected chi connectivity index (χ4v) is 3.36. The van der Waals surface area contributed by atoms with E-state index in [1.807, 2.05) is 6.07 Å². The van der Waals surface area contributed by atoms with Crippen LogP contribution in [0.3, 0.4) is 0 Å². The first-order valence-electron chi connectivity index (χ1n) is 7.01. The SMILES string of the molecule is Clc1ccc2c(c1)CCN(CC1CCNCC1)C2. The van der Waals surface area contributed by atoms with Crippen molar-refractivity contribution in [2.75, 3.05) is 26.2 Å². The maximum Gasteiger partial charge on any atom is 0.0408 e. The van der Waals surface area contributed by atoms with Gasteiger partial charge in [0.05, 0.1) is 0 Å². The highest BCUT2D eigenvalue weighted by molar-refractivity contribution is 6.30. The summed E-state index contributed by atoms with van der Waals surface area (Å²) in [5.41, 5.74) is 2.92. The van der Waals surface area contributed by atoms with Crippen molar-refractivity contribution in [3.8, 4) is 0 Å². The third-order valence-corrected chi connectivity index (χ3v) is 4.47. The molecule has 2 aliphatic heterocycles. The highest BCUT2D eigenvalue weighted by Crippen LogP contribution is 2.24. The molecule has 0 aliphatic carbocycles. The molecule has 2 heterocycles. The Labute approximate surface area is 114 Å². The van der Waals surface area contributed by atoms with E-state index < -0.39 is 0 Å². The van der Waals surface area contributed by atoms with Gasteiger partial charge in [-0.1, -0.05) is 17.7 Å². The standard InChI is InChI=1S/C15H21ClN2/c16-15-2-1-14-11-18(8-5-13(14)9-15)10-12-3-6-17-7-4-12/h1-2,9,12,17H,3-8,10-11H2. The minimum absolute atomic E-state index is 0.876. The van der Waals surface area contributed by atoms with Crippen LogP contribution in [-0.2, 0) is 13.0 Å². The lowest BCUT2D eigenvalue weighted by atomic mass is 9.94. The number of nitrogens with zero attached hydrogens (tertiary/aromatic N) is 1. The van der Waals surface area contributed by atoms with Gasteiger partial charge in [0.2, 0.25) is 0 Å². The first-order chi connectivity index (χ1) is 8.81. The third kappa shape index (κ3) is 2.87. The topological polar surface area (TPSA) is 15.3 Å². The summed E-state index contributed by atoms with van der Waals surface area (Å²) in [6.07, 6.45) is 3.83. The van der Waals surface area contributed by atoms with Crippen LogP contribution in [0.15, 0.2) is 18.2 Å². The third-order valence-electron chi connectivity index (χ3n) is 4.23. The molecule has 2 nitrogen and oxygen atoms in total. The van der Waals surface area contributed by atoms with E-state index in [1.54, 1.807) is 0 Å². The molecule has 1 aromatic carbocycles. The van der Waals surface area contributed by atoms with E-state index in [2.05, 4.69) is 22.3 Å².